The van der Waals surface area contributed by atoms with Crippen LogP contribution in [0.4, 0.5) is 13.2 Å². The fourth-order valence-electron chi connectivity index (χ4n) is 6.00. The first-order valence-electron chi connectivity index (χ1n) is 16.2. The molecule has 277 valence electrons. The second-order valence-electron chi connectivity index (χ2n) is 12.6. The van der Waals surface area contributed by atoms with E-state index in [1.807, 2.05) is 0 Å². The summed E-state index contributed by atoms with van der Waals surface area (Å²) in [6.07, 6.45) is 14.0. The Morgan fingerprint density at radius 2 is 0.898 bits per heavy atom. The topological polar surface area (TPSA) is 94.1 Å². The van der Waals surface area contributed by atoms with Gasteiger partial charge in [0.25, 0.3) is 0 Å². The summed E-state index contributed by atoms with van der Waals surface area (Å²) >= 11 is 0. The van der Waals surface area contributed by atoms with E-state index < -0.39 is 31.5 Å². The maximum atomic E-state index is 10.7. The molecule has 2 heterocycles. The standard InChI is InChI=1S/C26H36O4P2.C8H12.CHF3O3S.Rh/c1-15(2)31(16(3)4)21-11-9-19-25(29-13-27-19)23(21)24-22(32(17(5)6)18(7)8)12-10-20-26(24)30-14-28-20;1-2-4-6-8-7-5-3-1;2-1(3,4)8(5,6)7;/h9-12,15-18H,13-14H2,1-8H3;1-2,7-8H,3-6H2;(H,5,6,7);/p-1/b;2-1-,8-7-;;. The predicted octanol–water partition coefficient (Wildman–Crippen LogP) is 9.38. The second kappa shape index (κ2) is 19.2. The van der Waals surface area contributed by atoms with Crippen LogP contribution in [0.3, 0.4) is 0 Å². The van der Waals surface area contributed by atoms with E-state index in [4.69, 9.17) is 31.9 Å². The molecule has 0 saturated carbocycles. The molecule has 0 fully saturated rings. The van der Waals surface area contributed by atoms with E-state index in [-0.39, 0.29) is 33.1 Å². The fourth-order valence-corrected chi connectivity index (χ4v) is 12.0. The summed E-state index contributed by atoms with van der Waals surface area (Å²) in [6, 6.07) is 8.74. The normalized spacial score (nSPS) is 16.5. The van der Waals surface area contributed by atoms with Crippen LogP contribution in [-0.2, 0) is 29.6 Å². The van der Waals surface area contributed by atoms with Gasteiger partial charge in [-0.05, 0) is 83.2 Å². The van der Waals surface area contributed by atoms with Crippen LogP contribution in [0.5, 0.6) is 23.0 Å². The van der Waals surface area contributed by atoms with Crippen molar-refractivity contribution >= 4 is 36.6 Å². The average Bonchev–Trinajstić information content (AvgIpc) is 3.62. The number of ether oxygens (including phenoxy) is 4. The summed E-state index contributed by atoms with van der Waals surface area (Å²) in [5.74, 6) is 3.38. The van der Waals surface area contributed by atoms with Crippen molar-refractivity contribution in [1.82, 2.24) is 0 Å². The van der Waals surface area contributed by atoms with Crippen molar-refractivity contribution in [1.29, 1.82) is 0 Å². The van der Waals surface area contributed by atoms with Gasteiger partial charge < -0.3 is 23.5 Å². The molecule has 2 aromatic carbocycles. The van der Waals surface area contributed by atoms with Crippen LogP contribution >= 0.6 is 15.8 Å². The molecule has 1 radical (unpaired) electrons. The first-order chi connectivity index (χ1) is 22.5. The molecule has 0 unspecified atom stereocenters. The van der Waals surface area contributed by atoms with Gasteiger partial charge in [0.2, 0.25) is 13.6 Å². The Bertz CT molecular complexity index is 1420. The molecule has 1 aliphatic carbocycles. The molecular formula is C35H48F3O7P2RhS-. The molecule has 0 aromatic heterocycles. The van der Waals surface area contributed by atoms with Gasteiger partial charge in [0, 0.05) is 30.6 Å². The monoisotopic (exact) mass is 834 g/mol. The van der Waals surface area contributed by atoms with Gasteiger partial charge in [-0.25, -0.2) is 8.42 Å². The molecule has 0 spiro atoms. The van der Waals surface area contributed by atoms with E-state index in [2.05, 4.69) is 104 Å². The van der Waals surface area contributed by atoms with Gasteiger partial charge in [-0.15, -0.1) is 0 Å². The van der Waals surface area contributed by atoms with Gasteiger partial charge in [-0.1, -0.05) is 95.5 Å². The van der Waals surface area contributed by atoms with E-state index in [0.717, 1.165) is 23.0 Å². The molecule has 2 aromatic rings. The predicted molar refractivity (Wildman–Crippen MR) is 190 cm³/mol. The van der Waals surface area contributed by atoms with Gasteiger partial charge >= 0.3 is 5.51 Å². The van der Waals surface area contributed by atoms with Crippen molar-refractivity contribution in [2.75, 3.05) is 13.6 Å². The SMILES string of the molecule is C1=C\CC/C=C\CC/1.CC(C)P(c1ccc2c(c1-c1c(P(C(C)C)C(C)C)ccc3c1OCO3)OCO2)C(C)C.O=S(=O)([O-])C(F)(F)F.[Rh]. The Balaban J connectivity index is 0.000000404. The van der Waals surface area contributed by atoms with E-state index in [1.54, 1.807) is 0 Å². The van der Waals surface area contributed by atoms with Crippen LogP contribution in [0.15, 0.2) is 48.6 Å². The van der Waals surface area contributed by atoms with Crippen molar-refractivity contribution in [3.63, 3.8) is 0 Å². The number of hydrogen-bond acceptors (Lipinski definition) is 7. The summed E-state index contributed by atoms with van der Waals surface area (Å²) < 4.78 is 82.9. The maximum absolute atomic E-state index is 10.7. The molecule has 3 aliphatic rings. The summed E-state index contributed by atoms with van der Waals surface area (Å²) in [4.78, 5) is 0. The molecule has 49 heavy (non-hydrogen) atoms. The molecule has 0 N–H and O–H groups in total. The van der Waals surface area contributed by atoms with Crippen molar-refractivity contribution in [2.45, 2.75) is 109 Å². The molecule has 0 saturated heterocycles. The van der Waals surface area contributed by atoms with Crippen LogP contribution in [0.2, 0.25) is 0 Å². The third kappa shape index (κ3) is 11.4. The molecule has 0 bridgehead atoms. The number of alkyl halides is 3. The van der Waals surface area contributed by atoms with Crippen LogP contribution in [0, 0.1) is 0 Å². The Labute approximate surface area is 305 Å². The number of rotatable bonds is 7. The molecule has 0 atom stereocenters. The number of benzene rings is 2. The summed E-state index contributed by atoms with van der Waals surface area (Å²) in [6.45, 7) is 19.2. The minimum atomic E-state index is -6.09. The molecule has 5 rings (SSSR count). The Morgan fingerprint density at radius 1 is 0.612 bits per heavy atom. The van der Waals surface area contributed by atoms with Crippen molar-refractivity contribution in [3.05, 3.63) is 48.6 Å². The minimum absolute atomic E-state index is 0. The number of allylic oxidation sites excluding steroid dienone is 4. The number of fused-ring (bicyclic) bond motifs is 2. The molecule has 14 heteroatoms. The van der Waals surface area contributed by atoms with E-state index in [1.165, 1.54) is 47.4 Å². The minimum Gasteiger partial charge on any atom is -0.741 e. The quantitative estimate of drug-likeness (QED) is 0.0903. The van der Waals surface area contributed by atoms with Crippen molar-refractivity contribution < 1.29 is 64.6 Å². The van der Waals surface area contributed by atoms with Crippen LogP contribution in [0.1, 0.15) is 81.1 Å². The van der Waals surface area contributed by atoms with Gasteiger partial charge in [-0.3, -0.25) is 0 Å². The molecule has 7 nitrogen and oxygen atoms in total. The molecule has 0 amide bonds. The molecular weight excluding hydrogens is 786 g/mol. The largest absolute Gasteiger partial charge is 0.741 e. The zero-order valence-corrected chi connectivity index (χ0v) is 33.5. The average molecular weight is 835 g/mol. The van der Waals surface area contributed by atoms with Crippen LogP contribution in [0.25, 0.3) is 11.1 Å². The smallest absolute Gasteiger partial charge is 0.485 e. The van der Waals surface area contributed by atoms with Gasteiger partial charge in [0.15, 0.2) is 33.1 Å². The fraction of sp³-hybridized carbons (Fsp3) is 0.543. The number of halogens is 3. The van der Waals surface area contributed by atoms with Gasteiger partial charge in [-0.2, -0.15) is 13.2 Å². The van der Waals surface area contributed by atoms with Gasteiger partial charge in [0.1, 0.15) is 0 Å². The van der Waals surface area contributed by atoms with E-state index >= 15 is 0 Å². The molecule has 2 aliphatic heterocycles. The first-order valence-corrected chi connectivity index (χ1v) is 20.6. The Hall–Kier alpha value is -1.70. The summed E-state index contributed by atoms with van der Waals surface area (Å²) in [7, 11) is -6.93. The first kappa shape index (κ1) is 43.5. The van der Waals surface area contributed by atoms with Gasteiger partial charge in [0.05, 0.1) is 0 Å². The zero-order valence-electron chi connectivity index (χ0n) is 29.3. The van der Waals surface area contributed by atoms with Crippen LogP contribution in [-0.4, -0.2) is 54.7 Å². The zero-order chi connectivity index (χ0) is 35.8. The second-order valence-corrected chi connectivity index (χ2v) is 20.7. The number of hydrogen-bond donors (Lipinski definition) is 0. The van der Waals surface area contributed by atoms with E-state index in [0.29, 0.717) is 22.6 Å². The van der Waals surface area contributed by atoms with E-state index in [9.17, 15) is 13.2 Å². The third-order valence-electron chi connectivity index (χ3n) is 7.68. The summed E-state index contributed by atoms with van der Waals surface area (Å²) in [5.41, 5.74) is -1.10. The Morgan fingerprint density at radius 3 is 1.14 bits per heavy atom. The Kier molecular flexibility index (Phi) is 17.1. The van der Waals surface area contributed by atoms with Crippen LogP contribution < -0.4 is 29.6 Å². The maximum Gasteiger partial charge on any atom is 0.485 e. The van der Waals surface area contributed by atoms with Crippen molar-refractivity contribution in [3.8, 4) is 34.1 Å². The van der Waals surface area contributed by atoms with Crippen molar-refractivity contribution in [2.24, 2.45) is 0 Å². The summed E-state index contributed by atoms with van der Waals surface area (Å²) in [5, 5.41) is 2.75. The third-order valence-corrected chi connectivity index (χ3v) is 14.6.